The molecule has 0 aromatic heterocycles. The normalized spacial score (nSPS) is 22.8. The van der Waals surface area contributed by atoms with Gasteiger partial charge in [0.05, 0.1) is 6.26 Å². The van der Waals surface area contributed by atoms with E-state index in [0.29, 0.717) is 13.1 Å². The van der Waals surface area contributed by atoms with Crippen molar-refractivity contribution in [2.45, 2.75) is 0 Å². The molecule has 72 valence electrons. The van der Waals surface area contributed by atoms with Crippen LogP contribution in [0.5, 0.6) is 0 Å². The fourth-order valence-corrected chi connectivity index (χ4v) is 2.54. The fourth-order valence-electron chi connectivity index (χ4n) is 1.18. The van der Waals surface area contributed by atoms with Crippen LogP contribution >= 0.6 is 11.9 Å². The van der Waals surface area contributed by atoms with Gasteiger partial charge in [0.25, 0.3) is 0 Å². The maximum Gasteiger partial charge on any atom is 0.211 e. The second-order valence-corrected chi connectivity index (χ2v) is 5.64. The van der Waals surface area contributed by atoms with Crippen LogP contribution in [0, 0.1) is 0 Å². The van der Waals surface area contributed by atoms with Crippen molar-refractivity contribution >= 4 is 22.0 Å². The van der Waals surface area contributed by atoms with Gasteiger partial charge in [0.15, 0.2) is 0 Å². The van der Waals surface area contributed by atoms with Crippen molar-refractivity contribution in [1.29, 1.82) is 0 Å². The third kappa shape index (κ3) is 2.62. The molecular formula is C6H14N2O2S2. The summed E-state index contributed by atoms with van der Waals surface area (Å²) in [5, 5.41) is 0. The largest absolute Gasteiger partial charge is 0.248 e. The van der Waals surface area contributed by atoms with E-state index >= 15 is 0 Å². The Morgan fingerprint density at radius 3 is 2.00 bits per heavy atom. The van der Waals surface area contributed by atoms with Gasteiger partial charge in [0.2, 0.25) is 10.0 Å². The first-order valence-electron chi connectivity index (χ1n) is 3.78. The first kappa shape index (κ1) is 10.3. The van der Waals surface area contributed by atoms with Gasteiger partial charge in [0.1, 0.15) is 0 Å². The van der Waals surface area contributed by atoms with E-state index in [0.717, 1.165) is 13.1 Å². The van der Waals surface area contributed by atoms with E-state index in [2.05, 4.69) is 4.31 Å². The molecular weight excluding hydrogens is 196 g/mol. The highest BCUT2D eigenvalue weighted by Gasteiger charge is 2.22. The maximum atomic E-state index is 11.1. The summed E-state index contributed by atoms with van der Waals surface area (Å²) in [5.41, 5.74) is 0. The molecule has 0 amide bonds. The Hall–Kier alpha value is 0.220. The summed E-state index contributed by atoms with van der Waals surface area (Å²) in [4.78, 5) is 0. The third-order valence-electron chi connectivity index (χ3n) is 1.92. The van der Waals surface area contributed by atoms with Crippen LogP contribution < -0.4 is 0 Å². The predicted molar refractivity (Wildman–Crippen MR) is 51.5 cm³/mol. The molecule has 0 aromatic carbocycles. The Balaban J connectivity index is 2.47. The first-order valence-corrected chi connectivity index (χ1v) is 6.81. The van der Waals surface area contributed by atoms with Crippen molar-refractivity contribution in [2.75, 3.05) is 38.7 Å². The van der Waals surface area contributed by atoms with E-state index in [9.17, 15) is 8.42 Å². The first-order chi connectivity index (χ1) is 5.54. The SMILES string of the molecule is CSN1CCN(S(C)(=O)=O)CC1. The number of sulfonamides is 1. The highest BCUT2D eigenvalue weighted by atomic mass is 32.2. The number of hydrogen-bond acceptors (Lipinski definition) is 4. The molecule has 1 saturated heterocycles. The molecule has 0 spiro atoms. The van der Waals surface area contributed by atoms with Gasteiger partial charge in [-0.05, 0) is 6.26 Å². The van der Waals surface area contributed by atoms with Crippen LogP contribution in [0.1, 0.15) is 0 Å². The lowest BCUT2D eigenvalue weighted by Gasteiger charge is -2.31. The average Bonchev–Trinajstić information content (AvgIpc) is 2.03. The lowest BCUT2D eigenvalue weighted by atomic mass is 10.4. The van der Waals surface area contributed by atoms with Crippen molar-refractivity contribution in [2.24, 2.45) is 0 Å². The number of rotatable bonds is 2. The number of nitrogens with zero attached hydrogens (tertiary/aromatic N) is 2. The Morgan fingerprint density at radius 1 is 1.17 bits per heavy atom. The molecule has 0 N–H and O–H groups in total. The molecule has 1 fully saturated rings. The van der Waals surface area contributed by atoms with E-state index in [-0.39, 0.29) is 0 Å². The molecule has 0 unspecified atom stereocenters. The Kier molecular flexibility index (Phi) is 3.39. The van der Waals surface area contributed by atoms with Gasteiger partial charge in [-0.1, -0.05) is 11.9 Å². The Bertz CT molecular complexity index is 232. The van der Waals surface area contributed by atoms with Gasteiger partial charge in [-0.3, -0.25) is 0 Å². The molecule has 6 heteroatoms. The van der Waals surface area contributed by atoms with Gasteiger partial charge in [-0.25, -0.2) is 12.7 Å². The summed E-state index contributed by atoms with van der Waals surface area (Å²) < 4.78 is 25.9. The maximum absolute atomic E-state index is 11.1. The molecule has 1 heterocycles. The fraction of sp³-hybridized carbons (Fsp3) is 1.00. The molecule has 0 atom stereocenters. The third-order valence-corrected chi connectivity index (χ3v) is 4.11. The highest BCUT2D eigenvalue weighted by molar-refractivity contribution is 7.96. The van der Waals surface area contributed by atoms with Gasteiger partial charge in [-0.15, -0.1) is 0 Å². The van der Waals surface area contributed by atoms with Gasteiger partial charge < -0.3 is 0 Å². The number of hydrogen-bond donors (Lipinski definition) is 0. The van der Waals surface area contributed by atoms with Gasteiger partial charge in [0, 0.05) is 26.2 Å². The summed E-state index contributed by atoms with van der Waals surface area (Å²) in [6.07, 6.45) is 3.28. The van der Waals surface area contributed by atoms with E-state index in [1.807, 2.05) is 6.26 Å². The lowest BCUT2D eigenvalue weighted by Crippen LogP contribution is -2.45. The standard InChI is InChI=1S/C6H14N2O2S2/c1-11-7-3-5-8(6-4-7)12(2,9)10/h3-6H2,1-2H3. The van der Waals surface area contributed by atoms with E-state index in [1.54, 1.807) is 11.9 Å². The second-order valence-electron chi connectivity index (χ2n) is 2.77. The summed E-state index contributed by atoms with van der Waals surface area (Å²) in [6.45, 7) is 2.90. The quantitative estimate of drug-likeness (QED) is 0.594. The van der Waals surface area contributed by atoms with Crippen LogP contribution in [0.3, 0.4) is 0 Å². The average molecular weight is 210 g/mol. The zero-order chi connectivity index (χ0) is 9.19. The molecule has 0 aliphatic carbocycles. The van der Waals surface area contributed by atoms with Crippen molar-refractivity contribution in [1.82, 2.24) is 8.61 Å². The van der Waals surface area contributed by atoms with E-state index < -0.39 is 10.0 Å². The summed E-state index contributed by atoms with van der Waals surface area (Å²) in [5.74, 6) is 0. The molecule has 0 radical (unpaired) electrons. The molecule has 1 aliphatic rings. The van der Waals surface area contributed by atoms with Crippen molar-refractivity contribution in [3.05, 3.63) is 0 Å². The minimum atomic E-state index is -2.96. The van der Waals surface area contributed by atoms with Crippen LogP contribution in [0.25, 0.3) is 0 Å². The van der Waals surface area contributed by atoms with Crippen LogP contribution in [0.4, 0.5) is 0 Å². The zero-order valence-corrected chi connectivity index (χ0v) is 8.99. The summed E-state index contributed by atoms with van der Waals surface area (Å²) in [7, 11) is -2.96. The van der Waals surface area contributed by atoms with Crippen molar-refractivity contribution in [3.8, 4) is 0 Å². The lowest BCUT2D eigenvalue weighted by molar-refractivity contribution is 0.291. The van der Waals surface area contributed by atoms with Crippen LogP contribution in [-0.2, 0) is 10.0 Å². The summed E-state index contributed by atoms with van der Waals surface area (Å²) in [6, 6.07) is 0. The van der Waals surface area contributed by atoms with Crippen molar-refractivity contribution in [3.63, 3.8) is 0 Å². The summed E-state index contributed by atoms with van der Waals surface area (Å²) >= 11 is 1.67. The van der Waals surface area contributed by atoms with Crippen LogP contribution in [0.15, 0.2) is 0 Å². The number of piperazine rings is 1. The monoisotopic (exact) mass is 210 g/mol. The minimum Gasteiger partial charge on any atom is -0.248 e. The molecule has 1 rings (SSSR count). The topological polar surface area (TPSA) is 40.6 Å². The molecule has 0 saturated carbocycles. The van der Waals surface area contributed by atoms with E-state index in [4.69, 9.17) is 0 Å². The smallest absolute Gasteiger partial charge is 0.211 e. The molecule has 4 nitrogen and oxygen atoms in total. The van der Waals surface area contributed by atoms with Gasteiger partial charge in [-0.2, -0.15) is 4.31 Å². The minimum absolute atomic E-state index is 0.625. The highest BCUT2D eigenvalue weighted by Crippen LogP contribution is 2.11. The molecule has 0 aromatic rings. The van der Waals surface area contributed by atoms with E-state index in [1.165, 1.54) is 10.6 Å². The van der Waals surface area contributed by atoms with Gasteiger partial charge >= 0.3 is 0 Å². The van der Waals surface area contributed by atoms with Crippen LogP contribution in [-0.4, -0.2) is 55.7 Å². The molecule has 0 bridgehead atoms. The van der Waals surface area contributed by atoms with Crippen molar-refractivity contribution < 1.29 is 8.42 Å². The molecule has 12 heavy (non-hydrogen) atoms. The molecule has 1 aliphatic heterocycles. The zero-order valence-electron chi connectivity index (χ0n) is 7.36. The Morgan fingerprint density at radius 2 is 1.67 bits per heavy atom. The predicted octanol–water partition coefficient (Wildman–Crippen LogP) is -0.158. The second kappa shape index (κ2) is 3.95. The van der Waals surface area contributed by atoms with Crippen LogP contribution in [0.2, 0.25) is 0 Å². The Labute approximate surface area is 78.1 Å².